The smallest absolute Gasteiger partial charge is 0.390 e. The average molecular weight is 374 g/mol. The van der Waals surface area contributed by atoms with Crippen LogP contribution in [0.4, 0.5) is 18.9 Å². The predicted molar refractivity (Wildman–Crippen MR) is 79.0 cm³/mol. The first-order chi connectivity index (χ1) is 11.6. The number of hydrogen-bond acceptors (Lipinski definition) is 5. The van der Waals surface area contributed by atoms with E-state index in [1.807, 2.05) is 0 Å². The summed E-state index contributed by atoms with van der Waals surface area (Å²) in [6, 6.07) is 4.33. The van der Waals surface area contributed by atoms with E-state index in [0.717, 1.165) is 10.4 Å². The lowest BCUT2D eigenvalue weighted by Gasteiger charge is -2.23. The number of hydrogen-bond donors (Lipinski definition) is 1. The molecule has 1 N–H and O–H groups in total. The number of aliphatic hydroxyl groups is 1. The van der Waals surface area contributed by atoms with Gasteiger partial charge in [-0.05, 0) is 18.2 Å². The van der Waals surface area contributed by atoms with Crippen molar-refractivity contribution in [2.24, 2.45) is 5.92 Å². The molecule has 0 radical (unpaired) electrons. The molecule has 3 aliphatic rings. The Morgan fingerprint density at radius 2 is 2.08 bits per heavy atom. The molecular weight excluding hydrogens is 361 g/mol. The van der Waals surface area contributed by atoms with Crippen LogP contribution < -0.4 is 4.31 Å². The Hall–Kier alpha value is -1.83. The Kier molecular flexibility index (Phi) is 3.39. The Morgan fingerprint density at radius 1 is 1.36 bits per heavy atom. The first-order valence-corrected chi connectivity index (χ1v) is 9.11. The van der Waals surface area contributed by atoms with Crippen molar-refractivity contribution in [1.82, 2.24) is 0 Å². The number of anilines is 1. The second-order valence-corrected chi connectivity index (χ2v) is 8.50. The van der Waals surface area contributed by atoms with Gasteiger partial charge in [0.05, 0.1) is 35.1 Å². The van der Waals surface area contributed by atoms with Crippen LogP contribution in [0.3, 0.4) is 0 Å². The Labute approximate surface area is 141 Å². The molecular formula is C15H13F3N2O4S. The van der Waals surface area contributed by atoms with Gasteiger partial charge in [-0.25, -0.2) is 8.42 Å². The standard InChI is InChI=1S/C15H13F3N2O4S/c16-15(17,18)10-3-8(2-1-7(10)5-19)20-6-9-12-4-11(21)13(24-12)14(9)25(20,22)23/h1-3,9,11-14,21H,4,6H2/t9-,11-,12+,13+,14-/m1/s1. The molecule has 0 saturated carbocycles. The molecule has 2 bridgehead atoms. The van der Waals surface area contributed by atoms with Crippen LogP contribution >= 0.6 is 0 Å². The highest BCUT2D eigenvalue weighted by molar-refractivity contribution is 7.93. The highest BCUT2D eigenvalue weighted by Crippen LogP contribution is 2.49. The molecule has 1 aromatic carbocycles. The van der Waals surface area contributed by atoms with E-state index in [0.29, 0.717) is 12.5 Å². The fourth-order valence-corrected chi connectivity index (χ4v) is 6.44. The number of ether oxygens (including phenoxy) is 1. The monoisotopic (exact) mass is 374 g/mol. The van der Waals surface area contributed by atoms with Gasteiger partial charge < -0.3 is 9.84 Å². The summed E-state index contributed by atoms with van der Waals surface area (Å²) in [5.74, 6) is -0.386. The molecule has 3 aliphatic heterocycles. The van der Waals surface area contributed by atoms with E-state index < -0.39 is 50.9 Å². The van der Waals surface area contributed by atoms with Gasteiger partial charge in [0.2, 0.25) is 10.0 Å². The lowest BCUT2D eigenvalue weighted by atomic mass is 9.87. The number of halogens is 3. The number of aliphatic hydroxyl groups excluding tert-OH is 1. The van der Waals surface area contributed by atoms with Crippen LogP contribution in [0.5, 0.6) is 0 Å². The van der Waals surface area contributed by atoms with E-state index in [4.69, 9.17) is 10.00 Å². The first kappa shape index (κ1) is 16.6. The van der Waals surface area contributed by atoms with Gasteiger partial charge in [-0.2, -0.15) is 18.4 Å². The highest BCUT2D eigenvalue weighted by atomic mass is 32.2. The molecule has 0 aromatic heterocycles. The van der Waals surface area contributed by atoms with E-state index in [2.05, 4.69) is 0 Å². The summed E-state index contributed by atoms with van der Waals surface area (Å²) in [6.07, 6.45) is -6.57. The third-order valence-corrected chi connectivity index (χ3v) is 7.43. The lowest BCUT2D eigenvalue weighted by Crippen LogP contribution is -2.42. The molecule has 3 heterocycles. The maximum absolute atomic E-state index is 13.1. The number of nitriles is 1. The molecule has 4 rings (SSSR count). The van der Waals surface area contributed by atoms with Gasteiger partial charge >= 0.3 is 6.18 Å². The van der Waals surface area contributed by atoms with E-state index in [-0.39, 0.29) is 18.2 Å². The zero-order valence-corrected chi connectivity index (χ0v) is 13.5. The molecule has 134 valence electrons. The van der Waals surface area contributed by atoms with Gasteiger partial charge in [0, 0.05) is 18.9 Å². The van der Waals surface area contributed by atoms with Crippen molar-refractivity contribution in [3.63, 3.8) is 0 Å². The van der Waals surface area contributed by atoms with Crippen LogP contribution in [0.1, 0.15) is 17.5 Å². The van der Waals surface area contributed by atoms with Crippen molar-refractivity contribution in [3.05, 3.63) is 29.3 Å². The third kappa shape index (κ3) is 2.26. The molecule has 10 heteroatoms. The van der Waals surface area contributed by atoms with E-state index >= 15 is 0 Å². The fraction of sp³-hybridized carbons (Fsp3) is 0.533. The number of sulfonamides is 1. The highest BCUT2D eigenvalue weighted by Gasteiger charge is 2.64. The summed E-state index contributed by atoms with van der Waals surface area (Å²) in [5, 5.41) is 17.8. The van der Waals surface area contributed by atoms with Crippen LogP contribution in [-0.2, 0) is 20.9 Å². The largest absolute Gasteiger partial charge is 0.417 e. The number of benzene rings is 1. The van der Waals surface area contributed by atoms with Crippen molar-refractivity contribution >= 4 is 15.7 Å². The molecule has 0 aliphatic carbocycles. The van der Waals surface area contributed by atoms with Crippen molar-refractivity contribution in [2.75, 3.05) is 10.8 Å². The van der Waals surface area contributed by atoms with Crippen molar-refractivity contribution in [2.45, 2.75) is 36.2 Å². The van der Waals surface area contributed by atoms with Crippen molar-refractivity contribution < 1.29 is 31.4 Å². The van der Waals surface area contributed by atoms with Gasteiger partial charge in [-0.15, -0.1) is 0 Å². The average Bonchev–Trinajstić information content (AvgIpc) is 3.15. The summed E-state index contributed by atoms with van der Waals surface area (Å²) < 4.78 is 71.5. The maximum Gasteiger partial charge on any atom is 0.417 e. The fourth-order valence-electron chi connectivity index (χ4n) is 4.07. The van der Waals surface area contributed by atoms with Crippen LogP contribution in [0.25, 0.3) is 0 Å². The van der Waals surface area contributed by atoms with Gasteiger partial charge in [0.1, 0.15) is 11.4 Å². The van der Waals surface area contributed by atoms with Crippen LogP contribution in [0.15, 0.2) is 18.2 Å². The minimum Gasteiger partial charge on any atom is -0.390 e. The number of nitrogens with zero attached hydrogens (tertiary/aromatic N) is 2. The maximum atomic E-state index is 13.1. The molecule has 1 aromatic rings. The number of alkyl halides is 3. The third-order valence-electron chi connectivity index (χ3n) is 5.15. The van der Waals surface area contributed by atoms with Crippen LogP contribution in [0.2, 0.25) is 0 Å². The van der Waals surface area contributed by atoms with Gasteiger partial charge in [0.25, 0.3) is 0 Å². The van der Waals surface area contributed by atoms with E-state index in [9.17, 15) is 26.7 Å². The normalized spacial score (nSPS) is 35.6. The minimum absolute atomic E-state index is 0.00405. The molecule has 5 atom stereocenters. The summed E-state index contributed by atoms with van der Waals surface area (Å²) in [6.45, 7) is 0.00405. The molecule has 3 fully saturated rings. The zero-order chi connectivity index (χ0) is 18.1. The zero-order valence-electron chi connectivity index (χ0n) is 12.6. The summed E-state index contributed by atoms with van der Waals surface area (Å²) >= 11 is 0. The molecule has 0 unspecified atom stereocenters. The number of rotatable bonds is 1. The van der Waals surface area contributed by atoms with Crippen LogP contribution in [0, 0.1) is 17.2 Å². The summed E-state index contributed by atoms with van der Waals surface area (Å²) in [5.41, 5.74) is -1.86. The molecule has 3 saturated heterocycles. The second-order valence-electron chi connectivity index (χ2n) is 6.49. The Morgan fingerprint density at radius 3 is 2.72 bits per heavy atom. The Balaban J connectivity index is 1.76. The van der Waals surface area contributed by atoms with Crippen molar-refractivity contribution in [3.8, 4) is 6.07 Å². The minimum atomic E-state index is -4.77. The Bertz CT molecular complexity index is 880. The van der Waals surface area contributed by atoms with Gasteiger partial charge in [0.15, 0.2) is 0 Å². The molecule has 0 spiro atoms. The summed E-state index contributed by atoms with van der Waals surface area (Å²) in [7, 11) is -3.97. The predicted octanol–water partition coefficient (Wildman–Crippen LogP) is 1.24. The molecule has 0 amide bonds. The molecule has 6 nitrogen and oxygen atoms in total. The van der Waals surface area contributed by atoms with E-state index in [1.54, 1.807) is 0 Å². The van der Waals surface area contributed by atoms with E-state index in [1.165, 1.54) is 12.1 Å². The van der Waals surface area contributed by atoms with Gasteiger partial charge in [-0.1, -0.05) is 0 Å². The van der Waals surface area contributed by atoms with Crippen molar-refractivity contribution in [1.29, 1.82) is 5.26 Å². The topological polar surface area (TPSA) is 90.6 Å². The van der Waals surface area contributed by atoms with Crippen LogP contribution in [-0.4, -0.2) is 43.6 Å². The number of fused-ring (bicyclic) bond motifs is 5. The quantitative estimate of drug-likeness (QED) is 0.799. The lowest BCUT2D eigenvalue weighted by molar-refractivity contribution is -0.137. The van der Waals surface area contributed by atoms with Gasteiger partial charge in [-0.3, -0.25) is 4.31 Å². The summed E-state index contributed by atoms with van der Waals surface area (Å²) in [4.78, 5) is 0. The molecule has 25 heavy (non-hydrogen) atoms. The SMILES string of the molecule is N#Cc1ccc(N2C[C@H]3[C@H]([C@H]4O[C@H]3C[C@H]4O)S2(=O)=O)cc1C(F)(F)F. The first-order valence-electron chi connectivity index (χ1n) is 7.61. The second kappa shape index (κ2) is 5.09.